The van der Waals surface area contributed by atoms with Crippen LogP contribution in [-0.4, -0.2) is 14.2 Å². The van der Waals surface area contributed by atoms with Gasteiger partial charge >= 0.3 is 5.69 Å². The summed E-state index contributed by atoms with van der Waals surface area (Å²) in [4.78, 5) is 12.7. The lowest BCUT2D eigenvalue weighted by Crippen LogP contribution is -2.25. The Kier molecular flexibility index (Phi) is 6.29. The smallest absolute Gasteiger partial charge is 0.328 e. The van der Waals surface area contributed by atoms with Crippen LogP contribution in [0.15, 0.2) is 53.5 Å². The molecule has 0 aliphatic rings. The fourth-order valence-corrected chi connectivity index (χ4v) is 3.39. The van der Waals surface area contributed by atoms with E-state index in [1.165, 1.54) is 16.7 Å². The van der Waals surface area contributed by atoms with Gasteiger partial charge in [0.25, 0.3) is 0 Å². The Morgan fingerprint density at radius 2 is 1.64 bits per heavy atom. The molecule has 3 aromatic rings. The molecule has 148 valence electrons. The van der Waals surface area contributed by atoms with Gasteiger partial charge in [0.05, 0.1) is 6.54 Å². The summed E-state index contributed by atoms with van der Waals surface area (Å²) >= 11 is 0. The van der Waals surface area contributed by atoms with Crippen molar-refractivity contribution in [1.82, 2.24) is 9.13 Å². The van der Waals surface area contributed by atoms with E-state index in [9.17, 15) is 18.7 Å². The number of hydrogen-bond donors (Lipinski definition) is 1. The van der Waals surface area contributed by atoms with Gasteiger partial charge in [-0.25, -0.2) is 13.6 Å². The Hall–Kier alpha value is -2.89. The first kappa shape index (κ1) is 19.9. The van der Waals surface area contributed by atoms with E-state index in [1.54, 1.807) is 22.9 Å². The molecule has 1 N–H and O–H groups in total. The van der Waals surface area contributed by atoms with E-state index >= 15 is 0 Å². The first-order chi connectivity index (χ1) is 13.5. The topological polar surface area (TPSA) is 47.2 Å². The Morgan fingerprint density at radius 3 is 2.29 bits per heavy atom. The molecule has 0 fully saturated rings. The molecule has 0 spiro atoms. The Morgan fingerprint density at radius 1 is 0.964 bits per heavy atom. The zero-order chi connectivity index (χ0) is 20.1. The number of rotatable bonds is 8. The van der Waals surface area contributed by atoms with Crippen molar-refractivity contribution in [2.75, 3.05) is 0 Å². The maximum absolute atomic E-state index is 13.4. The molecule has 28 heavy (non-hydrogen) atoms. The highest BCUT2D eigenvalue weighted by Gasteiger charge is 2.12. The van der Waals surface area contributed by atoms with Crippen LogP contribution in [0.5, 0.6) is 5.75 Å². The van der Waals surface area contributed by atoms with Crippen molar-refractivity contribution in [2.24, 2.45) is 0 Å². The minimum atomic E-state index is -0.648. The van der Waals surface area contributed by atoms with Gasteiger partial charge in [0.15, 0.2) is 0 Å². The summed E-state index contributed by atoms with van der Waals surface area (Å²) in [6.45, 7) is 2.75. The summed E-state index contributed by atoms with van der Waals surface area (Å²) in [5.41, 5.74) is 2.30. The summed E-state index contributed by atoms with van der Waals surface area (Å²) in [5.74, 6) is -1.05. The second-order valence-electron chi connectivity index (χ2n) is 6.98. The number of aromatic nitrogens is 2. The van der Waals surface area contributed by atoms with Crippen molar-refractivity contribution < 1.29 is 13.9 Å². The molecular formula is C22H24F2N2O2. The number of hydrogen-bond acceptors (Lipinski definition) is 2. The molecule has 0 unspecified atom stereocenters. The van der Waals surface area contributed by atoms with Gasteiger partial charge in [0.1, 0.15) is 17.4 Å². The van der Waals surface area contributed by atoms with E-state index in [2.05, 4.69) is 0 Å². The van der Waals surface area contributed by atoms with Gasteiger partial charge < -0.3 is 5.11 Å². The lowest BCUT2D eigenvalue weighted by Gasteiger charge is -2.06. The van der Waals surface area contributed by atoms with Crippen molar-refractivity contribution >= 4 is 0 Å². The maximum atomic E-state index is 13.4. The molecule has 4 nitrogen and oxygen atoms in total. The van der Waals surface area contributed by atoms with E-state index in [0.29, 0.717) is 12.1 Å². The number of benzene rings is 2. The summed E-state index contributed by atoms with van der Waals surface area (Å²) in [7, 11) is 0. The highest BCUT2D eigenvalue weighted by molar-refractivity contribution is 5.26. The number of phenolic OH excluding ortho intramolecular Hbond substituents is 1. The predicted molar refractivity (Wildman–Crippen MR) is 105 cm³/mol. The summed E-state index contributed by atoms with van der Waals surface area (Å²) in [5, 5.41) is 9.36. The molecule has 0 radical (unpaired) electrons. The SMILES string of the molecule is CCCn1c(CCCc2ccc(O)cc2)cn(Cc2cc(F)cc(F)c2)c1=O. The standard InChI is InChI=1S/C22H24F2N2O2/c1-2-10-26-20(5-3-4-16-6-8-21(27)9-7-16)15-25(22(26)28)14-17-11-18(23)13-19(24)12-17/h6-9,11-13,15,27H,2-5,10,14H2,1H3. The first-order valence-electron chi connectivity index (χ1n) is 9.48. The molecule has 0 saturated heterocycles. The Bertz CT molecular complexity index is 971. The van der Waals surface area contributed by atoms with E-state index in [1.807, 2.05) is 19.1 Å². The minimum Gasteiger partial charge on any atom is -0.508 e. The average Bonchev–Trinajstić information content (AvgIpc) is 2.92. The molecule has 0 saturated carbocycles. The molecule has 1 heterocycles. The Balaban J connectivity index is 1.75. The fourth-order valence-electron chi connectivity index (χ4n) is 3.39. The number of phenols is 1. The Labute approximate surface area is 162 Å². The summed E-state index contributed by atoms with van der Waals surface area (Å²) < 4.78 is 30.1. The number of imidazole rings is 1. The average molecular weight is 386 g/mol. The third-order valence-corrected chi connectivity index (χ3v) is 4.69. The van der Waals surface area contributed by atoms with E-state index < -0.39 is 11.6 Å². The second-order valence-corrected chi connectivity index (χ2v) is 6.98. The molecule has 2 aromatic carbocycles. The predicted octanol–water partition coefficient (Wildman–Crippen LogP) is 4.27. The first-order valence-corrected chi connectivity index (χ1v) is 9.48. The van der Waals surface area contributed by atoms with Crippen LogP contribution in [0, 0.1) is 11.6 Å². The maximum Gasteiger partial charge on any atom is 0.328 e. The lowest BCUT2D eigenvalue weighted by molar-refractivity contribution is 0.475. The van der Waals surface area contributed by atoms with Gasteiger partial charge in [-0.2, -0.15) is 0 Å². The highest BCUT2D eigenvalue weighted by atomic mass is 19.1. The van der Waals surface area contributed by atoms with E-state index in [0.717, 1.165) is 43.0 Å². The molecule has 0 bridgehead atoms. The van der Waals surface area contributed by atoms with Crippen LogP contribution >= 0.6 is 0 Å². The van der Waals surface area contributed by atoms with Crippen molar-refractivity contribution in [3.8, 4) is 5.75 Å². The lowest BCUT2D eigenvalue weighted by atomic mass is 10.1. The quantitative estimate of drug-likeness (QED) is 0.629. The highest BCUT2D eigenvalue weighted by Crippen LogP contribution is 2.14. The van der Waals surface area contributed by atoms with E-state index in [4.69, 9.17) is 0 Å². The van der Waals surface area contributed by atoms with Gasteiger partial charge in [-0.05, 0) is 61.1 Å². The summed E-state index contributed by atoms with van der Waals surface area (Å²) in [6, 6.07) is 10.4. The molecule has 6 heteroatoms. The molecule has 0 atom stereocenters. The minimum absolute atomic E-state index is 0.134. The van der Waals surface area contributed by atoms with Gasteiger partial charge in [-0.3, -0.25) is 9.13 Å². The van der Waals surface area contributed by atoms with E-state index in [-0.39, 0.29) is 18.0 Å². The number of aromatic hydroxyl groups is 1. The normalized spacial score (nSPS) is 11.1. The largest absolute Gasteiger partial charge is 0.508 e. The van der Waals surface area contributed by atoms with Gasteiger partial charge in [0.2, 0.25) is 0 Å². The summed E-state index contributed by atoms with van der Waals surface area (Å²) in [6.07, 6.45) is 5.02. The van der Waals surface area contributed by atoms with Gasteiger partial charge in [0, 0.05) is 24.5 Å². The molecule has 1 aromatic heterocycles. The van der Waals surface area contributed by atoms with Crippen LogP contribution in [0.1, 0.15) is 36.6 Å². The molecule has 3 rings (SSSR count). The van der Waals surface area contributed by atoms with Crippen molar-refractivity contribution in [3.05, 3.63) is 87.6 Å². The van der Waals surface area contributed by atoms with Crippen LogP contribution in [-0.2, 0) is 25.9 Å². The molecule has 0 aliphatic heterocycles. The van der Waals surface area contributed by atoms with Crippen LogP contribution < -0.4 is 5.69 Å². The molecule has 0 aliphatic carbocycles. The number of nitrogens with zero attached hydrogens (tertiary/aromatic N) is 2. The zero-order valence-corrected chi connectivity index (χ0v) is 15.9. The van der Waals surface area contributed by atoms with Crippen molar-refractivity contribution in [2.45, 2.75) is 45.7 Å². The number of aryl methyl sites for hydroxylation is 2. The molecule has 0 amide bonds. The van der Waals surface area contributed by atoms with Crippen LogP contribution in [0.25, 0.3) is 0 Å². The van der Waals surface area contributed by atoms with Crippen molar-refractivity contribution in [1.29, 1.82) is 0 Å². The fraction of sp³-hybridized carbons (Fsp3) is 0.318. The van der Waals surface area contributed by atoms with Crippen LogP contribution in [0.4, 0.5) is 8.78 Å². The zero-order valence-electron chi connectivity index (χ0n) is 15.9. The van der Waals surface area contributed by atoms with Crippen molar-refractivity contribution in [3.63, 3.8) is 0 Å². The monoisotopic (exact) mass is 386 g/mol. The number of halogens is 2. The molecular weight excluding hydrogens is 362 g/mol. The van der Waals surface area contributed by atoms with Gasteiger partial charge in [-0.15, -0.1) is 0 Å². The van der Waals surface area contributed by atoms with Crippen LogP contribution in [0.2, 0.25) is 0 Å². The van der Waals surface area contributed by atoms with Gasteiger partial charge in [-0.1, -0.05) is 19.1 Å². The third-order valence-electron chi connectivity index (χ3n) is 4.69. The third kappa shape index (κ3) is 4.88. The van der Waals surface area contributed by atoms with Crippen LogP contribution in [0.3, 0.4) is 0 Å². The second kappa shape index (κ2) is 8.87.